The Balaban J connectivity index is 2.09. The lowest BCUT2D eigenvalue weighted by atomic mass is 10.1. The molecule has 0 aromatic carbocycles. The Morgan fingerprint density at radius 3 is 2.29 bits per heavy atom. The summed E-state index contributed by atoms with van der Waals surface area (Å²) in [5, 5.41) is 3.34. The predicted molar refractivity (Wildman–Crippen MR) is 65.6 cm³/mol. The van der Waals surface area contributed by atoms with E-state index in [2.05, 4.69) is 22.2 Å². The molecule has 0 amide bonds. The summed E-state index contributed by atoms with van der Waals surface area (Å²) in [7, 11) is 3.17. The van der Waals surface area contributed by atoms with E-state index in [4.69, 9.17) is 9.47 Å². The van der Waals surface area contributed by atoms with Gasteiger partial charge in [-0.15, -0.1) is 0 Å². The highest BCUT2D eigenvalue weighted by molar-refractivity contribution is 5.34. The van der Waals surface area contributed by atoms with Crippen LogP contribution in [-0.4, -0.2) is 30.2 Å². The van der Waals surface area contributed by atoms with E-state index in [1.165, 1.54) is 19.3 Å². The Hall–Kier alpha value is -1.52. The summed E-state index contributed by atoms with van der Waals surface area (Å²) in [4.78, 5) is 8.53. The molecule has 0 aliphatic heterocycles. The van der Waals surface area contributed by atoms with Gasteiger partial charge >= 0.3 is 0 Å². The Labute approximate surface area is 102 Å². The number of methoxy groups -OCH3 is 2. The molecule has 2 rings (SSSR count). The summed E-state index contributed by atoms with van der Waals surface area (Å²) in [5.41, 5.74) is 0. The van der Waals surface area contributed by atoms with Gasteiger partial charge in [0, 0.05) is 6.04 Å². The van der Waals surface area contributed by atoms with Crippen molar-refractivity contribution in [2.45, 2.75) is 32.2 Å². The summed E-state index contributed by atoms with van der Waals surface area (Å²) < 4.78 is 10.2. The van der Waals surface area contributed by atoms with Crippen LogP contribution in [0.25, 0.3) is 0 Å². The molecular formula is C12H19N3O2. The Bertz CT molecular complexity index is 362. The van der Waals surface area contributed by atoms with Crippen molar-refractivity contribution in [3.8, 4) is 11.8 Å². The molecule has 2 unspecified atom stereocenters. The van der Waals surface area contributed by atoms with E-state index in [-0.39, 0.29) is 0 Å². The van der Waals surface area contributed by atoms with Crippen molar-refractivity contribution in [1.82, 2.24) is 9.97 Å². The number of nitrogens with one attached hydrogen (secondary N) is 1. The average Bonchev–Trinajstić information content (AvgIpc) is 2.74. The fourth-order valence-corrected chi connectivity index (χ4v) is 2.20. The fraction of sp³-hybridized carbons (Fsp3) is 0.667. The maximum atomic E-state index is 5.11. The molecule has 0 spiro atoms. The van der Waals surface area contributed by atoms with Gasteiger partial charge in [-0.2, -0.15) is 9.97 Å². The zero-order chi connectivity index (χ0) is 12.3. The van der Waals surface area contributed by atoms with E-state index in [0.29, 0.717) is 23.8 Å². The molecule has 0 bridgehead atoms. The summed E-state index contributed by atoms with van der Waals surface area (Å²) in [6.07, 6.45) is 3.60. The number of hydrogen-bond donors (Lipinski definition) is 1. The number of hydrogen-bond acceptors (Lipinski definition) is 5. The molecule has 1 N–H and O–H groups in total. The third kappa shape index (κ3) is 2.99. The highest BCUT2D eigenvalue weighted by Crippen LogP contribution is 2.27. The van der Waals surface area contributed by atoms with Crippen molar-refractivity contribution < 1.29 is 9.47 Å². The molecule has 17 heavy (non-hydrogen) atoms. The number of nitrogens with zero attached hydrogens (tertiary/aromatic N) is 2. The fourth-order valence-electron chi connectivity index (χ4n) is 2.20. The molecular weight excluding hydrogens is 218 g/mol. The molecule has 2 atom stereocenters. The first-order valence-corrected chi connectivity index (χ1v) is 5.95. The largest absolute Gasteiger partial charge is 0.481 e. The molecule has 1 heterocycles. The van der Waals surface area contributed by atoms with Gasteiger partial charge in [0.05, 0.1) is 20.3 Å². The summed E-state index contributed by atoms with van der Waals surface area (Å²) in [5.74, 6) is 2.40. The molecule has 1 aliphatic rings. The van der Waals surface area contributed by atoms with Gasteiger partial charge in [-0.3, -0.25) is 0 Å². The molecule has 1 fully saturated rings. The van der Waals surface area contributed by atoms with Gasteiger partial charge < -0.3 is 14.8 Å². The van der Waals surface area contributed by atoms with Gasteiger partial charge in [0.15, 0.2) is 0 Å². The zero-order valence-corrected chi connectivity index (χ0v) is 10.6. The van der Waals surface area contributed by atoms with Crippen LogP contribution in [-0.2, 0) is 0 Å². The molecule has 1 aliphatic carbocycles. The second kappa shape index (κ2) is 5.21. The standard InChI is InChI=1S/C12H19N3O2/c1-8-4-5-9(6-8)13-12-14-10(16-2)7-11(15-12)17-3/h7-9H,4-6H2,1-3H3,(H,13,14,15). The normalized spacial score (nSPS) is 23.5. The highest BCUT2D eigenvalue weighted by atomic mass is 16.5. The Kier molecular flexibility index (Phi) is 3.66. The third-order valence-electron chi connectivity index (χ3n) is 3.13. The molecule has 0 saturated heterocycles. The number of ether oxygens (including phenoxy) is 2. The van der Waals surface area contributed by atoms with Crippen LogP contribution in [0.5, 0.6) is 11.8 Å². The lowest BCUT2D eigenvalue weighted by molar-refractivity contribution is 0.372. The van der Waals surface area contributed by atoms with E-state index in [9.17, 15) is 0 Å². The number of aromatic nitrogens is 2. The Morgan fingerprint density at radius 2 is 1.82 bits per heavy atom. The minimum Gasteiger partial charge on any atom is -0.481 e. The van der Waals surface area contributed by atoms with E-state index in [1.54, 1.807) is 20.3 Å². The van der Waals surface area contributed by atoms with Crippen molar-refractivity contribution in [3.05, 3.63) is 6.07 Å². The predicted octanol–water partition coefficient (Wildman–Crippen LogP) is 2.09. The van der Waals surface area contributed by atoms with Crippen LogP contribution in [0.2, 0.25) is 0 Å². The topological polar surface area (TPSA) is 56.3 Å². The first-order valence-electron chi connectivity index (χ1n) is 5.95. The van der Waals surface area contributed by atoms with Crippen LogP contribution in [0.1, 0.15) is 26.2 Å². The molecule has 94 valence electrons. The van der Waals surface area contributed by atoms with E-state index >= 15 is 0 Å². The van der Waals surface area contributed by atoms with Crippen LogP contribution in [0.15, 0.2) is 6.07 Å². The van der Waals surface area contributed by atoms with Gasteiger partial charge in [0.1, 0.15) is 0 Å². The Morgan fingerprint density at radius 1 is 1.18 bits per heavy atom. The maximum Gasteiger partial charge on any atom is 0.229 e. The molecule has 0 radical (unpaired) electrons. The first-order chi connectivity index (χ1) is 8.21. The molecule has 5 heteroatoms. The highest BCUT2D eigenvalue weighted by Gasteiger charge is 2.22. The van der Waals surface area contributed by atoms with Crippen molar-refractivity contribution in [2.24, 2.45) is 5.92 Å². The second-order valence-corrected chi connectivity index (χ2v) is 4.54. The molecule has 5 nitrogen and oxygen atoms in total. The van der Waals surface area contributed by atoms with Crippen molar-refractivity contribution in [2.75, 3.05) is 19.5 Å². The summed E-state index contributed by atoms with van der Waals surface area (Å²) in [6, 6.07) is 2.13. The van der Waals surface area contributed by atoms with Crippen LogP contribution in [0.3, 0.4) is 0 Å². The van der Waals surface area contributed by atoms with Crippen LogP contribution in [0, 0.1) is 5.92 Å². The summed E-state index contributed by atoms with van der Waals surface area (Å²) >= 11 is 0. The zero-order valence-electron chi connectivity index (χ0n) is 10.6. The lowest BCUT2D eigenvalue weighted by Crippen LogP contribution is -2.17. The maximum absolute atomic E-state index is 5.11. The van der Waals surface area contributed by atoms with Gasteiger partial charge in [-0.05, 0) is 25.2 Å². The van der Waals surface area contributed by atoms with Gasteiger partial charge in [-0.25, -0.2) is 0 Å². The number of anilines is 1. The van der Waals surface area contributed by atoms with Crippen molar-refractivity contribution in [1.29, 1.82) is 0 Å². The molecule has 1 aromatic heterocycles. The van der Waals surface area contributed by atoms with Gasteiger partial charge in [0.2, 0.25) is 17.7 Å². The molecule has 1 saturated carbocycles. The van der Waals surface area contributed by atoms with Crippen molar-refractivity contribution in [3.63, 3.8) is 0 Å². The monoisotopic (exact) mass is 237 g/mol. The van der Waals surface area contributed by atoms with E-state index < -0.39 is 0 Å². The average molecular weight is 237 g/mol. The quantitative estimate of drug-likeness (QED) is 0.869. The third-order valence-corrected chi connectivity index (χ3v) is 3.13. The second-order valence-electron chi connectivity index (χ2n) is 4.54. The minimum atomic E-state index is 0.460. The molecule has 1 aromatic rings. The number of rotatable bonds is 4. The summed E-state index contributed by atoms with van der Waals surface area (Å²) in [6.45, 7) is 2.27. The van der Waals surface area contributed by atoms with Gasteiger partial charge in [-0.1, -0.05) is 6.92 Å². The van der Waals surface area contributed by atoms with Crippen LogP contribution >= 0.6 is 0 Å². The van der Waals surface area contributed by atoms with Crippen LogP contribution in [0.4, 0.5) is 5.95 Å². The van der Waals surface area contributed by atoms with Gasteiger partial charge in [0.25, 0.3) is 0 Å². The minimum absolute atomic E-state index is 0.460. The van der Waals surface area contributed by atoms with E-state index in [1.807, 2.05) is 0 Å². The SMILES string of the molecule is COc1cc(OC)nc(NC2CCC(C)C2)n1. The smallest absolute Gasteiger partial charge is 0.229 e. The first kappa shape index (κ1) is 12.0. The van der Waals surface area contributed by atoms with Crippen LogP contribution < -0.4 is 14.8 Å². The lowest BCUT2D eigenvalue weighted by Gasteiger charge is -2.13. The van der Waals surface area contributed by atoms with E-state index in [0.717, 1.165) is 5.92 Å². The van der Waals surface area contributed by atoms with Crippen molar-refractivity contribution >= 4 is 5.95 Å².